The Morgan fingerprint density at radius 2 is 2.04 bits per heavy atom. The van der Waals surface area contributed by atoms with E-state index in [1.165, 1.54) is 4.68 Å². The third-order valence-corrected chi connectivity index (χ3v) is 8.02. The number of piperidine rings is 1. The van der Waals surface area contributed by atoms with E-state index < -0.39 is 10.0 Å². The maximum absolute atomic E-state index is 13.1. The maximum atomic E-state index is 13.1. The highest BCUT2D eigenvalue weighted by atomic mass is 32.2. The lowest BCUT2D eigenvalue weighted by Crippen LogP contribution is -2.38. The molecular weight excluding hydrogens is 384 g/mol. The van der Waals surface area contributed by atoms with Crippen LogP contribution in [0, 0.1) is 19.8 Å². The Bertz CT molecular complexity index is 895. The summed E-state index contributed by atoms with van der Waals surface area (Å²) in [5, 5.41) is 9.13. The van der Waals surface area contributed by atoms with Crippen LogP contribution in [0.4, 0.5) is 0 Å². The van der Waals surface area contributed by atoms with Crippen LogP contribution in [0.1, 0.15) is 36.0 Å². The van der Waals surface area contributed by atoms with Gasteiger partial charge in [0.1, 0.15) is 11.4 Å². The molecule has 0 radical (unpaired) electrons. The molecule has 1 saturated heterocycles. The van der Waals surface area contributed by atoms with Gasteiger partial charge in [-0.25, -0.2) is 8.42 Å². The number of nitrogens with one attached hydrogen (secondary N) is 1. The van der Waals surface area contributed by atoms with Gasteiger partial charge in [-0.15, -0.1) is 11.3 Å². The van der Waals surface area contributed by atoms with E-state index in [9.17, 15) is 13.2 Å². The molecule has 0 spiro atoms. The molecule has 1 aliphatic rings. The van der Waals surface area contributed by atoms with Gasteiger partial charge in [0.05, 0.1) is 17.9 Å². The average Bonchev–Trinajstić information content (AvgIpc) is 3.22. The molecule has 0 unspecified atom stereocenters. The first-order chi connectivity index (χ1) is 12.8. The van der Waals surface area contributed by atoms with Crippen molar-refractivity contribution in [2.24, 2.45) is 5.92 Å². The molecule has 2 aromatic rings. The largest absolute Gasteiger partial charge is 0.350 e. The molecule has 1 amide bonds. The number of carbonyl (C=O) groups excluding carboxylic acids is 1. The summed E-state index contributed by atoms with van der Waals surface area (Å²) in [5.41, 5.74) is 0.953. The summed E-state index contributed by atoms with van der Waals surface area (Å²) in [6.45, 7) is 7.09. The number of hydrogen-bond donors (Lipinski definition) is 1. The first-order valence-electron chi connectivity index (χ1n) is 9.12. The molecule has 1 N–H and O–H groups in total. The molecular formula is C18H26N4O3S2. The highest BCUT2D eigenvalue weighted by Gasteiger charge is 2.33. The van der Waals surface area contributed by atoms with Gasteiger partial charge in [0.2, 0.25) is 15.9 Å². The Morgan fingerprint density at radius 1 is 1.33 bits per heavy atom. The standard InChI is InChI=1S/C18H26N4O3S2/c1-13-6-8-21(9-7-13)27(24,25)18-14(2)20-22(15(18)3)12-17(23)19-11-16-5-4-10-26-16/h4-5,10,13H,6-9,11-12H2,1-3H3,(H,19,23). The third kappa shape index (κ3) is 4.41. The number of amides is 1. The van der Waals surface area contributed by atoms with Gasteiger partial charge >= 0.3 is 0 Å². The summed E-state index contributed by atoms with van der Waals surface area (Å²) < 4.78 is 29.2. The molecule has 0 aromatic carbocycles. The molecule has 27 heavy (non-hydrogen) atoms. The zero-order chi connectivity index (χ0) is 19.6. The minimum atomic E-state index is -3.59. The fourth-order valence-corrected chi connectivity index (χ4v) is 5.84. The van der Waals surface area contributed by atoms with E-state index in [0.717, 1.165) is 17.7 Å². The van der Waals surface area contributed by atoms with Crippen molar-refractivity contribution in [2.75, 3.05) is 13.1 Å². The van der Waals surface area contributed by atoms with E-state index >= 15 is 0 Å². The van der Waals surface area contributed by atoms with E-state index in [1.54, 1.807) is 29.5 Å². The lowest BCUT2D eigenvalue weighted by molar-refractivity contribution is -0.122. The van der Waals surface area contributed by atoms with Crippen LogP contribution >= 0.6 is 11.3 Å². The van der Waals surface area contributed by atoms with Gasteiger partial charge in [0.15, 0.2) is 0 Å². The van der Waals surface area contributed by atoms with E-state index in [4.69, 9.17) is 0 Å². The van der Waals surface area contributed by atoms with E-state index in [-0.39, 0.29) is 17.3 Å². The smallest absolute Gasteiger partial charge is 0.246 e. The van der Waals surface area contributed by atoms with Crippen molar-refractivity contribution in [3.05, 3.63) is 33.8 Å². The van der Waals surface area contributed by atoms with Gasteiger partial charge in [0, 0.05) is 18.0 Å². The molecule has 148 valence electrons. The van der Waals surface area contributed by atoms with Crippen LogP contribution in [-0.2, 0) is 27.9 Å². The number of hydrogen-bond acceptors (Lipinski definition) is 5. The minimum absolute atomic E-state index is 0.00457. The topological polar surface area (TPSA) is 84.3 Å². The molecule has 3 rings (SSSR count). The van der Waals surface area contributed by atoms with Crippen molar-refractivity contribution in [1.29, 1.82) is 0 Å². The fraction of sp³-hybridized carbons (Fsp3) is 0.556. The van der Waals surface area contributed by atoms with Crippen LogP contribution in [0.3, 0.4) is 0 Å². The summed E-state index contributed by atoms with van der Waals surface area (Å²) in [6, 6.07) is 3.89. The number of aromatic nitrogens is 2. The quantitative estimate of drug-likeness (QED) is 0.792. The van der Waals surface area contributed by atoms with E-state index in [0.29, 0.717) is 36.9 Å². The lowest BCUT2D eigenvalue weighted by atomic mass is 10.0. The molecule has 0 aliphatic carbocycles. The lowest BCUT2D eigenvalue weighted by Gasteiger charge is -2.29. The van der Waals surface area contributed by atoms with Gasteiger partial charge in [-0.3, -0.25) is 9.48 Å². The summed E-state index contributed by atoms with van der Waals surface area (Å²) in [7, 11) is -3.59. The van der Waals surface area contributed by atoms with Crippen LogP contribution in [0.25, 0.3) is 0 Å². The third-order valence-electron chi connectivity index (χ3n) is 4.99. The van der Waals surface area contributed by atoms with Crippen molar-refractivity contribution in [3.8, 4) is 0 Å². The van der Waals surface area contributed by atoms with Crippen molar-refractivity contribution >= 4 is 27.3 Å². The SMILES string of the molecule is Cc1nn(CC(=O)NCc2cccs2)c(C)c1S(=O)(=O)N1CCC(C)CC1. The Balaban J connectivity index is 1.73. The highest BCUT2D eigenvalue weighted by Crippen LogP contribution is 2.27. The van der Waals surface area contributed by atoms with Crippen LogP contribution in [0.15, 0.2) is 22.4 Å². The Hall–Kier alpha value is -1.71. The number of rotatable bonds is 6. The van der Waals surface area contributed by atoms with Crippen molar-refractivity contribution < 1.29 is 13.2 Å². The average molecular weight is 411 g/mol. The second-order valence-electron chi connectivity index (χ2n) is 7.10. The van der Waals surface area contributed by atoms with E-state index in [2.05, 4.69) is 17.3 Å². The zero-order valence-corrected chi connectivity index (χ0v) is 17.6. The van der Waals surface area contributed by atoms with Crippen LogP contribution in [-0.4, -0.2) is 41.5 Å². The number of carbonyl (C=O) groups is 1. The van der Waals surface area contributed by atoms with Crippen LogP contribution < -0.4 is 5.32 Å². The number of nitrogens with zero attached hydrogens (tertiary/aromatic N) is 3. The van der Waals surface area contributed by atoms with Gasteiger partial charge in [-0.05, 0) is 44.1 Å². The Kier molecular flexibility index (Phi) is 6.02. The first-order valence-corrected chi connectivity index (χ1v) is 11.4. The number of aryl methyl sites for hydroxylation is 1. The van der Waals surface area contributed by atoms with Crippen LogP contribution in [0.5, 0.6) is 0 Å². The van der Waals surface area contributed by atoms with Crippen LogP contribution in [0.2, 0.25) is 0 Å². The molecule has 7 nitrogen and oxygen atoms in total. The minimum Gasteiger partial charge on any atom is -0.350 e. The van der Waals surface area contributed by atoms with Gasteiger partial charge in [-0.1, -0.05) is 13.0 Å². The zero-order valence-electron chi connectivity index (χ0n) is 15.9. The molecule has 0 bridgehead atoms. The highest BCUT2D eigenvalue weighted by molar-refractivity contribution is 7.89. The van der Waals surface area contributed by atoms with Crippen molar-refractivity contribution in [3.63, 3.8) is 0 Å². The van der Waals surface area contributed by atoms with Crippen molar-refractivity contribution in [1.82, 2.24) is 19.4 Å². The maximum Gasteiger partial charge on any atom is 0.246 e. The monoisotopic (exact) mass is 410 g/mol. The summed E-state index contributed by atoms with van der Waals surface area (Å²) in [5.74, 6) is 0.359. The summed E-state index contributed by atoms with van der Waals surface area (Å²) in [6.07, 6.45) is 1.74. The molecule has 1 aliphatic heterocycles. The second kappa shape index (κ2) is 8.12. The van der Waals surface area contributed by atoms with Gasteiger partial charge in [-0.2, -0.15) is 9.40 Å². The first kappa shape index (κ1) is 20.0. The fourth-order valence-electron chi connectivity index (χ4n) is 3.35. The molecule has 3 heterocycles. The summed E-state index contributed by atoms with van der Waals surface area (Å²) >= 11 is 1.58. The molecule has 2 aromatic heterocycles. The Morgan fingerprint density at radius 3 is 2.67 bits per heavy atom. The summed E-state index contributed by atoms with van der Waals surface area (Å²) in [4.78, 5) is 13.5. The van der Waals surface area contributed by atoms with Gasteiger partial charge in [0.25, 0.3) is 0 Å². The molecule has 0 atom stereocenters. The predicted molar refractivity (Wildman–Crippen MR) is 105 cm³/mol. The molecule has 1 fully saturated rings. The van der Waals surface area contributed by atoms with Gasteiger partial charge < -0.3 is 5.32 Å². The predicted octanol–water partition coefficient (Wildman–Crippen LogP) is 2.30. The van der Waals surface area contributed by atoms with Crippen molar-refractivity contribution in [2.45, 2.75) is 51.6 Å². The normalized spacial score (nSPS) is 16.6. The second-order valence-corrected chi connectivity index (χ2v) is 10.0. The Labute approximate surface area is 164 Å². The number of sulfonamides is 1. The molecule has 9 heteroatoms. The van der Waals surface area contributed by atoms with E-state index in [1.807, 2.05) is 17.5 Å². The molecule has 0 saturated carbocycles. The number of thiophene rings is 1.